The van der Waals surface area contributed by atoms with Crippen LogP contribution in [0.5, 0.6) is 0 Å². The Labute approximate surface area is 315 Å². The van der Waals surface area contributed by atoms with Crippen molar-refractivity contribution in [2.45, 2.75) is 91.5 Å². The van der Waals surface area contributed by atoms with Gasteiger partial charge in [0.1, 0.15) is 5.78 Å². The molecular weight excluding hydrogens is 716 g/mol. The van der Waals surface area contributed by atoms with Crippen LogP contribution in [-0.2, 0) is 57.8 Å². The second-order valence-corrected chi connectivity index (χ2v) is 14.5. The zero-order valence-electron chi connectivity index (χ0n) is 32.3. The van der Waals surface area contributed by atoms with Crippen LogP contribution in [-0.4, -0.2) is 144 Å². The van der Waals surface area contributed by atoms with E-state index in [-0.39, 0.29) is 81.1 Å². The fourth-order valence-corrected chi connectivity index (χ4v) is 5.38. The van der Waals surface area contributed by atoms with Crippen LogP contribution in [0.15, 0.2) is 0 Å². The summed E-state index contributed by atoms with van der Waals surface area (Å²) in [5.41, 5.74) is 0. The lowest BCUT2D eigenvalue weighted by molar-refractivity contribution is -0.135. The smallest absolute Gasteiger partial charge is 0.266 e. The highest BCUT2D eigenvalue weighted by Gasteiger charge is 2.28. The van der Waals surface area contributed by atoms with Crippen molar-refractivity contribution in [3.8, 4) is 0 Å². The van der Waals surface area contributed by atoms with Crippen molar-refractivity contribution >= 4 is 45.3 Å². The Hall–Kier alpha value is -3.03. The summed E-state index contributed by atoms with van der Waals surface area (Å²) in [7, 11) is -2.61. The van der Waals surface area contributed by atoms with E-state index in [0.717, 1.165) is 0 Å². The Morgan fingerprint density at radius 2 is 1.32 bits per heavy atom. The number of nitrogens with one attached hydrogen (secondary N) is 3. The van der Waals surface area contributed by atoms with Crippen molar-refractivity contribution in [1.82, 2.24) is 20.9 Å². The number of rotatable bonds is 34. The minimum absolute atomic E-state index is 0.0283. The summed E-state index contributed by atoms with van der Waals surface area (Å²) in [5, 5.41) is 7.92. The van der Waals surface area contributed by atoms with Gasteiger partial charge < -0.3 is 39.8 Å². The molecule has 0 radical (unpaired) electrons. The van der Waals surface area contributed by atoms with Gasteiger partial charge in [-0.2, -0.15) is 8.42 Å². The Bertz CT molecular complexity index is 1200. The van der Waals surface area contributed by atoms with Gasteiger partial charge in [0.2, 0.25) is 23.6 Å². The molecule has 0 aliphatic carbocycles. The molecule has 18 heteroatoms. The van der Waals surface area contributed by atoms with Crippen molar-refractivity contribution < 1.29 is 60.7 Å². The van der Waals surface area contributed by atoms with Crippen LogP contribution < -0.4 is 16.0 Å². The van der Waals surface area contributed by atoms with E-state index in [2.05, 4.69) is 16.0 Å². The molecule has 0 fully saturated rings. The van der Waals surface area contributed by atoms with Crippen molar-refractivity contribution in [1.29, 1.82) is 0 Å². The SMILES string of the molecule is CCCN(CCC(=O)N[C@H](C(=O)C[C@@H](CCCCNC(=O)CCOCCOCCOCCOC)C(C)=O)C(C)C)C(=O)CCC(=O)NCCS(=O)(=O)O. The molecule has 0 aliphatic rings. The standard InChI is InChI=1S/C35H64N4O13S/c1-6-16-39(34(45)11-10-31(42)37-15-25-53(46,47)48)17-12-33(44)38-35(27(2)3)30(41)26-29(28(4)40)9-7-8-14-36-32(43)13-18-50-21-22-52-24-23-51-20-19-49-5/h27,29,35H,6-26H2,1-5H3,(H,36,43)(H,37,42)(H,38,44)(H,46,47,48)/t29-,35+/m1/s1. The first kappa shape index (κ1) is 50.0. The molecule has 53 heavy (non-hydrogen) atoms. The number of carbonyl (C=O) groups excluding carboxylic acids is 6. The molecule has 0 aliphatic heterocycles. The van der Waals surface area contributed by atoms with Crippen LogP contribution in [0, 0.1) is 11.8 Å². The fourth-order valence-electron chi connectivity index (χ4n) is 5.02. The van der Waals surface area contributed by atoms with E-state index < -0.39 is 39.6 Å². The van der Waals surface area contributed by atoms with Gasteiger partial charge in [-0.15, -0.1) is 0 Å². The molecule has 0 heterocycles. The van der Waals surface area contributed by atoms with E-state index in [1.165, 1.54) is 11.8 Å². The number of ketones is 2. The van der Waals surface area contributed by atoms with Gasteiger partial charge >= 0.3 is 0 Å². The summed E-state index contributed by atoms with van der Waals surface area (Å²) in [6.45, 7) is 10.5. The van der Waals surface area contributed by atoms with E-state index >= 15 is 0 Å². The number of unbranched alkanes of at least 4 members (excludes halogenated alkanes) is 1. The van der Waals surface area contributed by atoms with Gasteiger partial charge in [0.25, 0.3) is 10.1 Å². The van der Waals surface area contributed by atoms with E-state index in [0.29, 0.717) is 78.4 Å². The number of ether oxygens (including phenoxy) is 4. The zero-order valence-corrected chi connectivity index (χ0v) is 33.1. The van der Waals surface area contributed by atoms with Gasteiger partial charge in [-0.25, -0.2) is 0 Å². The molecule has 0 aromatic rings. The van der Waals surface area contributed by atoms with Gasteiger partial charge in [0.15, 0.2) is 5.78 Å². The van der Waals surface area contributed by atoms with Gasteiger partial charge in [0, 0.05) is 71.3 Å². The van der Waals surface area contributed by atoms with Crippen molar-refractivity contribution in [3.63, 3.8) is 0 Å². The molecule has 0 saturated carbocycles. The van der Waals surface area contributed by atoms with E-state index in [9.17, 15) is 37.2 Å². The molecule has 17 nitrogen and oxygen atoms in total. The van der Waals surface area contributed by atoms with E-state index in [1.807, 2.05) is 6.92 Å². The Morgan fingerprint density at radius 1 is 0.736 bits per heavy atom. The minimum Gasteiger partial charge on any atom is -0.382 e. The molecule has 4 N–H and O–H groups in total. The lowest BCUT2D eigenvalue weighted by atomic mass is 9.87. The lowest BCUT2D eigenvalue weighted by Crippen LogP contribution is -2.46. The van der Waals surface area contributed by atoms with Crippen LogP contribution in [0.1, 0.15) is 85.5 Å². The molecule has 0 spiro atoms. The van der Waals surface area contributed by atoms with E-state index in [1.54, 1.807) is 21.0 Å². The highest BCUT2D eigenvalue weighted by molar-refractivity contribution is 7.85. The second kappa shape index (κ2) is 30.3. The maximum Gasteiger partial charge on any atom is 0.266 e. The predicted molar refractivity (Wildman–Crippen MR) is 197 cm³/mol. The van der Waals surface area contributed by atoms with Gasteiger partial charge in [-0.1, -0.05) is 27.2 Å². The average Bonchev–Trinajstić information content (AvgIpc) is 3.08. The van der Waals surface area contributed by atoms with Crippen molar-refractivity contribution in [2.24, 2.45) is 11.8 Å². The molecular formula is C35H64N4O13S. The second-order valence-electron chi connectivity index (χ2n) is 13.0. The normalized spacial score (nSPS) is 12.6. The number of amides is 4. The van der Waals surface area contributed by atoms with E-state index in [4.69, 9.17) is 23.5 Å². The third-order valence-electron chi connectivity index (χ3n) is 8.01. The molecule has 0 saturated heterocycles. The third kappa shape index (κ3) is 28.1. The molecule has 2 atom stereocenters. The number of carbonyl (C=O) groups is 6. The topological polar surface area (TPSA) is 233 Å². The van der Waals surface area contributed by atoms with Gasteiger partial charge in [-0.3, -0.25) is 33.3 Å². The first-order valence-corrected chi connectivity index (χ1v) is 20.0. The molecule has 0 rings (SSSR count). The van der Waals surface area contributed by atoms with Gasteiger partial charge in [0.05, 0.1) is 58.0 Å². The predicted octanol–water partition coefficient (Wildman–Crippen LogP) is 1.08. The molecule has 308 valence electrons. The zero-order chi connectivity index (χ0) is 40.1. The number of methoxy groups -OCH3 is 1. The third-order valence-corrected chi connectivity index (χ3v) is 8.73. The summed E-state index contributed by atoms with van der Waals surface area (Å²) < 4.78 is 51.3. The lowest BCUT2D eigenvalue weighted by Gasteiger charge is -2.25. The Kier molecular flexibility index (Phi) is 28.6. The number of hydrogen-bond donors (Lipinski definition) is 4. The molecule has 0 bridgehead atoms. The molecule has 0 unspecified atom stereocenters. The van der Waals surface area contributed by atoms with Crippen LogP contribution in [0.2, 0.25) is 0 Å². The number of Topliss-reactive ketones (excluding diaryl/α,β-unsaturated/α-hetero) is 2. The molecule has 0 aromatic heterocycles. The van der Waals surface area contributed by atoms with Crippen LogP contribution in [0.25, 0.3) is 0 Å². The summed E-state index contributed by atoms with van der Waals surface area (Å²) in [4.78, 5) is 76.8. The maximum absolute atomic E-state index is 13.3. The minimum atomic E-state index is -4.22. The average molecular weight is 781 g/mol. The van der Waals surface area contributed by atoms with Crippen LogP contribution in [0.4, 0.5) is 0 Å². The summed E-state index contributed by atoms with van der Waals surface area (Å²) in [5.74, 6) is -3.26. The summed E-state index contributed by atoms with van der Waals surface area (Å²) in [6, 6.07) is -0.820. The number of hydrogen-bond acceptors (Lipinski definition) is 12. The van der Waals surface area contributed by atoms with Crippen LogP contribution in [0.3, 0.4) is 0 Å². The highest BCUT2D eigenvalue weighted by Crippen LogP contribution is 2.18. The quantitative estimate of drug-likeness (QED) is 0.0530. The maximum atomic E-state index is 13.3. The Morgan fingerprint density at radius 3 is 1.89 bits per heavy atom. The summed E-state index contributed by atoms with van der Waals surface area (Å²) >= 11 is 0. The first-order chi connectivity index (χ1) is 25.1. The summed E-state index contributed by atoms with van der Waals surface area (Å²) in [6.07, 6.45) is 2.09. The van der Waals surface area contributed by atoms with Crippen molar-refractivity contribution in [3.05, 3.63) is 0 Å². The fraction of sp³-hybridized carbons (Fsp3) is 0.829. The molecule has 4 amide bonds. The first-order valence-electron chi connectivity index (χ1n) is 18.4. The monoisotopic (exact) mass is 780 g/mol. The van der Waals surface area contributed by atoms with Crippen molar-refractivity contribution in [2.75, 3.05) is 85.3 Å². The molecule has 0 aromatic carbocycles. The van der Waals surface area contributed by atoms with Gasteiger partial charge in [-0.05, 0) is 32.1 Å². The Balaban J connectivity index is 4.56. The number of nitrogens with zero attached hydrogens (tertiary/aromatic N) is 1. The highest BCUT2D eigenvalue weighted by atomic mass is 32.2. The largest absolute Gasteiger partial charge is 0.382 e. The van der Waals surface area contributed by atoms with Crippen LogP contribution >= 0.6 is 0 Å².